The second kappa shape index (κ2) is 7.36. The van der Waals surface area contributed by atoms with Gasteiger partial charge in [-0.2, -0.15) is 0 Å². The molecule has 6 rings (SSSR count). The van der Waals surface area contributed by atoms with Crippen molar-refractivity contribution in [3.8, 4) is 11.5 Å². The number of fused-ring (bicyclic) bond motifs is 4. The summed E-state index contributed by atoms with van der Waals surface area (Å²) in [6.45, 7) is 0. The second-order valence-electron chi connectivity index (χ2n) is 7.67. The largest absolute Gasteiger partial charge is 0.454 e. The van der Waals surface area contributed by atoms with Gasteiger partial charge in [-0.25, -0.2) is 0 Å². The highest BCUT2D eigenvalue weighted by molar-refractivity contribution is 7.99. The van der Waals surface area contributed by atoms with Gasteiger partial charge in [0, 0.05) is 27.8 Å². The first kappa shape index (κ1) is 18.8. The maximum atomic E-state index is 13.0. The summed E-state index contributed by atoms with van der Waals surface area (Å²) in [7, 11) is 0. The molecule has 0 amide bonds. The third-order valence-corrected chi connectivity index (χ3v) is 6.79. The molecule has 4 aromatic rings. The fourth-order valence-electron chi connectivity index (χ4n) is 4.11. The molecule has 3 nitrogen and oxygen atoms in total. The maximum absolute atomic E-state index is 13.0. The van der Waals surface area contributed by atoms with Gasteiger partial charge in [-0.05, 0) is 35.9 Å². The Hall–Kier alpha value is -3.89. The van der Waals surface area contributed by atoms with Crippen molar-refractivity contribution in [1.29, 1.82) is 0 Å². The van der Waals surface area contributed by atoms with Crippen LogP contribution in [0.5, 0.6) is 11.5 Å². The Balaban J connectivity index is 1.35. The summed E-state index contributed by atoms with van der Waals surface area (Å²) in [6.07, 6.45) is 3.93. The molecule has 0 fully saturated rings. The molecular formula is C28H16O3S. The van der Waals surface area contributed by atoms with Crippen LogP contribution in [-0.2, 0) is 0 Å². The van der Waals surface area contributed by atoms with Gasteiger partial charge in [0.1, 0.15) is 11.5 Å². The van der Waals surface area contributed by atoms with Crippen molar-refractivity contribution in [3.63, 3.8) is 0 Å². The lowest BCUT2D eigenvalue weighted by Gasteiger charge is -2.21. The molecule has 32 heavy (non-hydrogen) atoms. The molecule has 0 saturated carbocycles. The van der Waals surface area contributed by atoms with E-state index < -0.39 is 0 Å². The minimum Gasteiger partial charge on any atom is -0.454 e. The molecule has 4 aromatic carbocycles. The monoisotopic (exact) mass is 432 g/mol. The van der Waals surface area contributed by atoms with Gasteiger partial charge in [0.05, 0.1) is 9.79 Å². The van der Waals surface area contributed by atoms with E-state index in [-0.39, 0.29) is 11.6 Å². The molecule has 0 atom stereocenters. The zero-order chi connectivity index (χ0) is 21.7. The van der Waals surface area contributed by atoms with Crippen LogP contribution >= 0.6 is 11.8 Å². The first-order valence-electron chi connectivity index (χ1n) is 10.3. The topological polar surface area (TPSA) is 43.4 Å². The van der Waals surface area contributed by atoms with Crippen LogP contribution in [0.3, 0.4) is 0 Å². The molecule has 0 bridgehead atoms. The average Bonchev–Trinajstić information content (AvgIpc) is 2.84. The van der Waals surface area contributed by atoms with Crippen molar-refractivity contribution in [2.75, 3.05) is 0 Å². The predicted molar refractivity (Wildman–Crippen MR) is 126 cm³/mol. The average molecular weight is 433 g/mol. The molecule has 152 valence electrons. The van der Waals surface area contributed by atoms with Gasteiger partial charge in [-0.15, -0.1) is 0 Å². The highest BCUT2D eigenvalue weighted by atomic mass is 32.2. The Morgan fingerprint density at radius 1 is 0.625 bits per heavy atom. The van der Waals surface area contributed by atoms with E-state index in [1.165, 1.54) is 0 Å². The summed E-state index contributed by atoms with van der Waals surface area (Å²) < 4.78 is 6.19. The summed E-state index contributed by atoms with van der Waals surface area (Å²) in [5.74, 6) is 1.46. The van der Waals surface area contributed by atoms with Gasteiger partial charge >= 0.3 is 0 Å². The SMILES string of the molecule is O=C1c2ccccc2C(=O)c2cc(/C=C\c3cccc4c3Oc3ccccc3S4)ccc21. The van der Waals surface area contributed by atoms with E-state index in [2.05, 4.69) is 6.07 Å². The smallest absolute Gasteiger partial charge is 0.194 e. The number of carbonyl (C=O) groups is 2. The summed E-state index contributed by atoms with van der Waals surface area (Å²) >= 11 is 1.69. The summed E-state index contributed by atoms with van der Waals surface area (Å²) in [6, 6.07) is 26.5. The van der Waals surface area contributed by atoms with E-state index in [1.54, 1.807) is 48.2 Å². The number of para-hydroxylation sites is 2. The molecule has 0 radical (unpaired) electrons. The van der Waals surface area contributed by atoms with Crippen LogP contribution in [0.1, 0.15) is 43.0 Å². The number of ether oxygens (including phenoxy) is 1. The molecule has 4 heteroatoms. The van der Waals surface area contributed by atoms with Crippen LogP contribution in [0.25, 0.3) is 12.2 Å². The van der Waals surface area contributed by atoms with Crippen LogP contribution < -0.4 is 4.74 Å². The third kappa shape index (κ3) is 3.00. The lowest BCUT2D eigenvalue weighted by molar-refractivity contribution is 0.0979. The number of carbonyl (C=O) groups excluding carboxylic acids is 2. The highest BCUT2D eigenvalue weighted by Crippen LogP contribution is 2.48. The number of ketones is 2. The summed E-state index contributed by atoms with van der Waals surface area (Å²) in [5.41, 5.74) is 3.65. The van der Waals surface area contributed by atoms with Crippen molar-refractivity contribution < 1.29 is 14.3 Å². The van der Waals surface area contributed by atoms with E-state index >= 15 is 0 Å². The van der Waals surface area contributed by atoms with Crippen molar-refractivity contribution in [2.45, 2.75) is 9.79 Å². The van der Waals surface area contributed by atoms with Gasteiger partial charge in [0.25, 0.3) is 0 Å². The lowest BCUT2D eigenvalue weighted by atomic mass is 9.83. The Labute approximate surface area is 189 Å². The molecule has 0 unspecified atom stereocenters. The molecule has 2 aliphatic rings. The normalized spacial score (nSPS) is 13.8. The lowest BCUT2D eigenvalue weighted by Crippen LogP contribution is -2.20. The number of hydrogen-bond donors (Lipinski definition) is 0. The summed E-state index contributed by atoms with van der Waals surface area (Å²) in [5, 5.41) is 0. The van der Waals surface area contributed by atoms with Gasteiger partial charge in [0.15, 0.2) is 11.6 Å². The Kier molecular flexibility index (Phi) is 4.33. The molecule has 1 heterocycles. The molecule has 1 aliphatic heterocycles. The standard InChI is InChI=1S/C28H16O3S/c29-26-19-7-1-2-8-20(19)27(30)22-16-17(13-15-21(22)26)12-14-18-6-5-11-25-28(18)31-23-9-3-4-10-24(23)32-25/h1-16H/b14-12-. The van der Waals surface area contributed by atoms with Crippen LogP contribution in [0.2, 0.25) is 0 Å². The Bertz CT molecular complexity index is 1470. The second-order valence-corrected chi connectivity index (χ2v) is 8.75. The van der Waals surface area contributed by atoms with Crippen molar-refractivity contribution in [3.05, 3.63) is 118 Å². The Morgan fingerprint density at radius 3 is 2.16 bits per heavy atom. The minimum absolute atomic E-state index is 0.105. The fourth-order valence-corrected chi connectivity index (χ4v) is 5.10. The number of benzene rings is 4. The van der Waals surface area contributed by atoms with Crippen LogP contribution in [-0.4, -0.2) is 11.6 Å². The molecule has 0 spiro atoms. The molecule has 1 aliphatic carbocycles. The van der Waals surface area contributed by atoms with Crippen molar-refractivity contribution >= 4 is 35.5 Å². The number of hydrogen-bond acceptors (Lipinski definition) is 4. The fraction of sp³-hybridized carbons (Fsp3) is 0. The third-order valence-electron chi connectivity index (χ3n) is 5.69. The quantitative estimate of drug-likeness (QED) is 0.280. The van der Waals surface area contributed by atoms with E-state index in [4.69, 9.17) is 4.74 Å². The van der Waals surface area contributed by atoms with Crippen LogP contribution in [0, 0.1) is 0 Å². The van der Waals surface area contributed by atoms with Gasteiger partial charge in [-0.1, -0.05) is 78.5 Å². The molecule has 0 N–H and O–H groups in total. The zero-order valence-electron chi connectivity index (χ0n) is 16.9. The first-order valence-corrected chi connectivity index (χ1v) is 11.1. The molecular weight excluding hydrogens is 416 g/mol. The molecule has 0 saturated heterocycles. The van der Waals surface area contributed by atoms with E-state index in [0.717, 1.165) is 32.4 Å². The van der Waals surface area contributed by atoms with E-state index in [1.807, 2.05) is 54.6 Å². The van der Waals surface area contributed by atoms with Crippen LogP contribution in [0.4, 0.5) is 0 Å². The molecule has 0 aromatic heterocycles. The summed E-state index contributed by atoms with van der Waals surface area (Å²) in [4.78, 5) is 28.0. The highest BCUT2D eigenvalue weighted by Gasteiger charge is 2.29. The number of rotatable bonds is 2. The maximum Gasteiger partial charge on any atom is 0.194 e. The zero-order valence-corrected chi connectivity index (χ0v) is 17.7. The van der Waals surface area contributed by atoms with Crippen LogP contribution in [0.15, 0.2) is 94.7 Å². The predicted octanol–water partition coefficient (Wildman–Crippen LogP) is 6.89. The van der Waals surface area contributed by atoms with E-state index in [0.29, 0.717) is 22.3 Å². The first-order chi connectivity index (χ1) is 15.7. The van der Waals surface area contributed by atoms with Gasteiger partial charge in [0.2, 0.25) is 0 Å². The van der Waals surface area contributed by atoms with Crippen molar-refractivity contribution in [1.82, 2.24) is 0 Å². The van der Waals surface area contributed by atoms with Gasteiger partial charge < -0.3 is 4.74 Å². The Morgan fingerprint density at radius 2 is 1.31 bits per heavy atom. The van der Waals surface area contributed by atoms with Gasteiger partial charge in [-0.3, -0.25) is 9.59 Å². The van der Waals surface area contributed by atoms with Crippen molar-refractivity contribution in [2.24, 2.45) is 0 Å². The minimum atomic E-state index is -0.112. The van der Waals surface area contributed by atoms with E-state index in [9.17, 15) is 9.59 Å².